The van der Waals surface area contributed by atoms with Crippen molar-refractivity contribution in [3.05, 3.63) is 0 Å². The molecule has 2 fully saturated rings. The zero-order valence-electron chi connectivity index (χ0n) is 10.4. The standard InChI is InChI=1S/C12H20O5/c1-12(6-9-3-4-15-7-9)16-8-10(17-12)5-11(13)14-2/h9-10H,3-8H2,1-2H3. The summed E-state index contributed by atoms with van der Waals surface area (Å²) in [6.07, 6.45) is 1.96. The number of ether oxygens (including phenoxy) is 4. The third-order valence-corrected chi connectivity index (χ3v) is 3.30. The summed E-state index contributed by atoms with van der Waals surface area (Å²) in [6, 6.07) is 0. The third kappa shape index (κ3) is 3.40. The van der Waals surface area contributed by atoms with Crippen molar-refractivity contribution in [2.45, 2.75) is 38.1 Å². The van der Waals surface area contributed by atoms with E-state index in [0.29, 0.717) is 12.5 Å². The first kappa shape index (κ1) is 12.8. The molecule has 2 saturated heterocycles. The van der Waals surface area contributed by atoms with Gasteiger partial charge in [0.25, 0.3) is 0 Å². The SMILES string of the molecule is COC(=O)CC1COC(C)(CC2CCOC2)O1. The van der Waals surface area contributed by atoms with E-state index in [9.17, 15) is 4.79 Å². The number of methoxy groups -OCH3 is 1. The van der Waals surface area contributed by atoms with Crippen molar-refractivity contribution in [3.8, 4) is 0 Å². The minimum absolute atomic E-state index is 0.185. The quantitative estimate of drug-likeness (QED) is 0.693. The molecule has 98 valence electrons. The van der Waals surface area contributed by atoms with Gasteiger partial charge < -0.3 is 18.9 Å². The molecule has 0 radical (unpaired) electrons. The first-order valence-corrected chi connectivity index (χ1v) is 6.07. The molecule has 17 heavy (non-hydrogen) atoms. The Labute approximate surface area is 101 Å². The zero-order valence-corrected chi connectivity index (χ0v) is 10.4. The molecule has 0 aliphatic carbocycles. The highest BCUT2D eigenvalue weighted by Gasteiger charge is 2.40. The Bertz CT molecular complexity index is 274. The van der Waals surface area contributed by atoms with Gasteiger partial charge in [-0.25, -0.2) is 0 Å². The Morgan fingerprint density at radius 2 is 2.29 bits per heavy atom. The second-order valence-corrected chi connectivity index (χ2v) is 4.90. The van der Waals surface area contributed by atoms with Crippen LogP contribution in [0, 0.1) is 5.92 Å². The number of carbonyl (C=O) groups excluding carboxylic acids is 1. The Morgan fingerprint density at radius 1 is 1.47 bits per heavy atom. The van der Waals surface area contributed by atoms with Crippen LogP contribution in [0.2, 0.25) is 0 Å². The number of rotatable bonds is 4. The molecule has 0 aromatic rings. The molecule has 0 bridgehead atoms. The van der Waals surface area contributed by atoms with Crippen molar-refractivity contribution in [1.29, 1.82) is 0 Å². The minimum Gasteiger partial charge on any atom is -0.469 e. The van der Waals surface area contributed by atoms with E-state index in [1.165, 1.54) is 7.11 Å². The number of hydrogen-bond donors (Lipinski definition) is 0. The summed E-state index contributed by atoms with van der Waals surface area (Å²) < 4.78 is 21.4. The van der Waals surface area contributed by atoms with Crippen LogP contribution < -0.4 is 0 Å². The van der Waals surface area contributed by atoms with E-state index < -0.39 is 5.79 Å². The Morgan fingerprint density at radius 3 is 2.94 bits per heavy atom. The molecule has 0 aromatic carbocycles. The molecule has 5 heteroatoms. The summed E-state index contributed by atoms with van der Waals surface area (Å²) in [5, 5.41) is 0. The normalized spacial score (nSPS) is 37.3. The smallest absolute Gasteiger partial charge is 0.308 e. The van der Waals surface area contributed by atoms with Crippen molar-refractivity contribution >= 4 is 5.97 Å². The van der Waals surface area contributed by atoms with Crippen molar-refractivity contribution in [3.63, 3.8) is 0 Å². The van der Waals surface area contributed by atoms with E-state index in [0.717, 1.165) is 26.1 Å². The predicted molar refractivity (Wildman–Crippen MR) is 59.4 cm³/mol. The molecule has 2 aliphatic rings. The number of carbonyl (C=O) groups is 1. The Hall–Kier alpha value is -0.650. The van der Waals surface area contributed by atoms with Crippen LogP contribution in [-0.2, 0) is 23.7 Å². The monoisotopic (exact) mass is 244 g/mol. The van der Waals surface area contributed by atoms with E-state index in [1.54, 1.807) is 0 Å². The summed E-state index contributed by atoms with van der Waals surface area (Å²) in [5.41, 5.74) is 0. The fraction of sp³-hybridized carbons (Fsp3) is 0.917. The largest absolute Gasteiger partial charge is 0.469 e. The topological polar surface area (TPSA) is 54.0 Å². The van der Waals surface area contributed by atoms with Gasteiger partial charge in [-0.3, -0.25) is 4.79 Å². The van der Waals surface area contributed by atoms with Gasteiger partial charge in [-0.15, -0.1) is 0 Å². The second-order valence-electron chi connectivity index (χ2n) is 4.90. The summed E-state index contributed by atoms with van der Waals surface area (Å²) in [7, 11) is 1.38. The van der Waals surface area contributed by atoms with E-state index in [1.807, 2.05) is 6.92 Å². The van der Waals surface area contributed by atoms with Crippen LogP contribution in [0.3, 0.4) is 0 Å². The van der Waals surface area contributed by atoms with Gasteiger partial charge in [0.15, 0.2) is 5.79 Å². The third-order valence-electron chi connectivity index (χ3n) is 3.30. The lowest BCUT2D eigenvalue weighted by atomic mass is 9.99. The molecule has 0 amide bonds. The first-order chi connectivity index (χ1) is 8.11. The zero-order chi connectivity index (χ0) is 12.3. The summed E-state index contributed by atoms with van der Waals surface area (Å²) in [4.78, 5) is 11.1. The average Bonchev–Trinajstić information content (AvgIpc) is 2.89. The van der Waals surface area contributed by atoms with Gasteiger partial charge in [0.1, 0.15) is 0 Å². The average molecular weight is 244 g/mol. The predicted octanol–water partition coefficient (Wildman–Crippen LogP) is 1.11. The van der Waals surface area contributed by atoms with Gasteiger partial charge in [-0.1, -0.05) is 0 Å². The highest BCUT2D eigenvalue weighted by Crippen LogP contribution is 2.33. The lowest BCUT2D eigenvalue weighted by Crippen LogP contribution is -2.30. The van der Waals surface area contributed by atoms with Crippen LogP contribution >= 0.6 is 0 Å². The lowest BCUT2D eigenvalue weighted by molar-refractivity contribution is -0.170. The highest BCUT2D eigenvalue weighted by molar-refractivity contribution is 5.69. The van der Waals surface area contributed by atoms with Gasteiger partial charge in [0, 0.05) is 19.6 Å². The van der Waals surface area contributed by atoms with Gasteiger partial charge in [-0.05, 0) is 19.3 Å². The van der Waals surface area contributed by atoms with Gasteiger partial charge in [-0.2, -0.15) is 0 Å². The van der Waals surface area contributed by atoms with E-state index >= 15 is 0 Å². The molecule has 2 rings (SSSR count). The van der Waals surface area contributed by atoms with E-state index in [2.05, 4.69) is 4.74 Å². The van der Waals surface area contributed by atoms with Crippen molar-refractivity contribution in [1.82, 2.24) is 0 Å². The molecule has 3 unspecified atom stereocenters. The summed E-state index contributed by atoms with van der Waals surface area (Å²) >= 11 is 0. The van der Waals surface area contributed by atoms with Crippen LogP contribution in [0.4, 0.5) is 0 Å². The maximum atomic E-state index is 11.1. The summed E-state index contributed by atoms with van der Waals surface area (Å²) in [6.45, 7) is 4.00. The summed E-state index contributed by atoms with van der Waals surface area (Å²) in [5.74, 6) is -0.333. The number of hydrogen-bond acceptors (Lipinski definition) is 5. The maximum absolute atomic E-state index is 11.1. The first-order valence-electron chi connectivity index (χ1n) is 6.07. The van der Waals surface area contributed by atoms with Gasteiger partial charge in [0.05, 0.1) is 26.2 Å². The van der Waals surface area contributed by atoms with Crippen LogP contribution in [0.25, 0.3) is 0 Å². The van der Waals surface area contributed by atoms with E-state index in [-0.39, 0.29) is 18.5 Å². The minimum atomic E-state index is -0.572. The Balaban J connectivity index is 1.80. The van der Waals surface area contributed by atoms with Crippen LogP contribution in [0.15, 0.2) is 0 Å². The lowest BCUT2D eigenvalue weighted by Gasteiger charge is -2.25. The van der Waals surface area contributed by atoms with Gasteiger partial charge >= 0.3 is 5.97 Å². The second kappa shape index (κ2) is 5.33. The molecule has 3 atom stereocenters. The van der Waals surface area contributed by atoms with Crippen LogP contribution in [0.1, 0.15) is 26.2 Å². The molecule has 0 spiro atoms. The van der Waals surface area contributed by atoms with Crippen molar-refractivity contribution in [2.24, 2.45) is 5.92 Å². The molecule has 0 aromatic heterocycles. The van der Waals surface area contributed by atoms with E-state index in [4.69, 9.17) is 14.2 Å². The van der Waals surface area contributed by atoms with Crippen molar-refractivity contribution < 1.29 is 23.7 Å². The van der Waals surface area contributed by atoms with Gasteiger partial charge in [0.2, 0.25) is 0 Å². The fourth-order valence-corrected chi connectivity index (χ4v) is 2.44. The molecular weight excluding hydrogens is 224 g/mol. The molecule has 0 N–H and O–H groups in total. The molecule has 2 heterocycles. The fourth-order valence-electron chi connectivity index (χ4n) is 2.44. The molecule has 5 nitrogen and oxygen atoms in total. The molecule has 2 aliphatic heterocycles. The van der Waals surface area contributed by atoms with Crippen LogP contribution in [0.5, 0.6) is 0 Å². The Kier molecular flexibility index (Phi) is 4.01. The highest BCUT2D eigenvalue weighted by atomic mass is 16.7. The number of esters is 1. The van der Waals surface area contributed by atoms with Crippen LogP contribution in [-0.4, -0.2) is 44.8 Å². The van der Waals surface area contributed by atoms with Crippen molar-refractivity contribution in [2.75, 3.05) is 26.9 Å². The maximum Gasteiger partial charge on any atom is 0.308 e. The molecular formula is C12H20O5. The molecule has 0 saturated carbocycles.